The topological polar surface area (TPSA) is 83.0 Å². The van der Waals surface area contributed by atoms with Crippen molar-refractivity contribution < 1.29 is 5.11 Å². The van der Waals surface area contributed by atoms with Crippen LogP contribution in [0.3, 0.4) is 0 Å². The van der Waals surface area contributed by atoms with Gasteiger partial charge in [0.2, 0.25) is 5.95 Å². The molecule has 2 aromatic heterocycles. The van der Waals surface area contributed by atoms with Crippen LogP contribution in [0.2, 0.25) is 0 Å². The molecule has 6 nitrogen and oxygen atoms in total. The first-order chi connectivity index (χ1) is 12.3. The third-order valence-electron chi connectivity index (χ3n) is 3.65. The molecule has 128 valence electrons. The maximum atomic E-state index is 8.86. The van der Waals surface area contributed by atoms with Crippen molar-refractivity contribution in [3.8, 4) is 11.3 Å². The summed E-state index contributed by atoms with van der Waals surface area (Å²) in [6, 6.07) is 15.9. The Kier molecular flexibility index (Phi) is 5.90. The molecular weight excluding hydrogens is 314 g/mol. The fourth-order valence-corrected chi connectivity index (χ4v) is 2.36. The van der Waals surface area contributed by atoms with Gasteiger partial charge >= 0.3 is 0 Å². The van der Waals surface area contributed by atoms with E-state index >= 15 is 0 Å². The number of pyridine rings is 1. The van der Waals surface area contributed by atoms with Crippen molar-refractivity contribution in [3.05, 3.63) is 66.5 Å². The van der Waals surface area contributed by atoms with Gasteiger partial charge in [0, 0.05) is 37.7 Å². The van der Waals surface area contributed by atoms with Crippen LogP contribution in [0.25, 0.3) is 11.3 Å². The number of hydrogen-bond donors (Lipinski definition) is 3. The number of aliphatic hydroxyl groups is 1. The van der Waals surface area contributed by atoms with Crippen LogP contribution < -0.4 is 10.6 Å². The molecule has 6 heteroatoms. The number of rotatable bonds is 8. The van der Waals surface area contributed by atoms with Crippen LogP contribution in [-0.4, -0.2) is 33.2 Å². The fraction of sp³-hybridized carbons (Fsp3) is 0.211. The molecular formula is C19H21N5O. The molecule has 3 aromatic rings. The molecule has 0 fully saturated rings. The van der Waals surface area contributed by atoms with Crippen LogP contribution >= 0.6 is 0 Å². The van der Waals surface area contributed by atoms with Crippen LogP contribution in [0.1, 0.15) is 12.0 Å². The van der Waals surface area contributed by atoms with Crippen LogP contribution in [0.4, 0.5) is 11.8 Å². The molecule has 1 aromatic carbocycles. The van der Waals surface area contributed by atoms with Crippen molar-refractivity contribution in [1.82, 2.24) is 15.0 Å². The molecule has 3 rings (SSSR count). The fourth-order valence-electron chi connectivity index (χ4n) is 2.36. The van der Waals surface area contributed by atoms with Crippen molar-refractivity contribution in [2.24, 2.45) is 0 Å². The van der Waals surface area contributed by atoms with Crippen LogP contribution in [0, 0.1) is 0 Å². The summed E-state index contributed by atoms with van der Waals surface area (Å²) in [7, 11) is 0. The normalized spacial score (nSPS) is 10.4. The minimum atomic E-state index is 0.162. The smallest absolute Gasteiger partial charge is 0.223 e. The largest absolute Gasteiger partial charge is 0.396 e. The Hall–Kier alpha value is -2.99. The second kappa shape index (κ2) is 8.75. The third kappa shape index (κ3) is 4.99. The Morgan fingerprint density at radius 1 is 0.920 bits per heavy atom. The Morgan fingerprint density at radius 2 is 1.76 bits per heavy atom. The molecule has 0 atom stereocenters. The van der Waals surface area contributed by atoms with Crippen LogP contribution in [0.15, 0.2) is 60.9 Å². The summed E-state index contributed by atoms with van der Waals surface area (Å²) in [5, 5.41) is 15.3. The van der Waals surface area contributed by atoms with E-state index in [1.165, 1.54) is 5.56 Å². The van der Waals surface area contributed by atoms with Crippen molar-refractivity contribution in [2.45, 2.75) is 13.0 Å². The number of nitrogens with one attached hydrogen (secondary N) is 2. The Balaban J connectivity index is 1.69. The zero-order valence-corrected chi connectivity index (χ0v) is 13.9. The highest BCUT2D eigenvalue weighted by atomic mass is 16.3. The maximum Gasteiger partial charge on any atom is 0.223 e. The highest BCUT2D eigenvalue weighted by molar-refractivity contribution is 5.63. The molecule has 3 N–H and O–H groups in total. The summed E-state index contributed by atoms with van der Waals surface area (Å²) in [4.78, 5) is 13.1. The van der Waals surface area contributed by atoms with E-state index in [4.69, 9.17) is 5.11 Å². The Bertz CT molecular complexity index is 795. The average molecular weight is 335 g/mol. The van der Waals surface area contributed by atoms with Gasteiger partial charge in [-0.15, -0.1) is 0 Å². The van der Waals surface area contributed by atoms with E-state index in [-0.39, 0.29) is 6.61 Å². The zero-order chi connectivity index (χ0) is 17.3. The molecule has 0 saturated carbocycles. The third-order valence-corrected chi connectivity index (χ3v) is 3.65. The van der Waals surface area contributed by atoms with Crippen molar-refractivity contribution in [3.63, 3.8) is 0 Å². The first-order valence-corrected chi connectivity index (χ1v) is 8.27. The quantitative estimate of drug-likeness (QED) is 0.549. The summed E-state index contributed by atoms with van der Waals surface area (Å²) in [5.41, 5.74) is 2.97. The molecule has 2 heterocycles. The van der Waals surface area contributed by atoms with Gasteiger partial charge in [-0.1, -0.05) is 30.3 Å². The van der Waals surface area contributed by atoms with E-state index in [1.54, 1.807) is 12.4 Å². The molecule has 0 spiro atoms. The predicted octanol–water partition coefficient (Wildman–Crippen LogP) is 2.95. The van der Waals surface area contributed by atoms with E-state index in [0.29, 0.717) is 25.5 Å². The first-order valence-electron chi connectivity index (χ1n) is 8.27. The maximum absolute atomic E-state index is 8.86. The van der Waals surface area contributed by atoms with Gasteiger partial charge in [-0.2, -0.15) is 0 Å². The van der Waals surface area contributed by atoms with Crippen molar-refractivity contribution >= 4 is 11.8 Å². The van der Waals surface area contributed by atoms with Crippen molar-refractivity contribution in [1.29, 1.82) is 0 Å². The number of nitrogens with zero attached hydrogens (tertiary/aromatic N) is 3. The lowest BCUT2D eigenvalue weighted by Crippen LogP contribution is -2.05. The summed E-state index contributed by atoms with van der Waals surface area (Å²) in [6.07, 6.45) is 4.18. The summed E-state index contributed by atoms with van der Waals surface area (Å²) in [6.45, 7) is 1.52. The number of aliphatic hydroxyl groups excluding tert-OH is 1. The van der Waals surface area contributed by atoms with Gasteiger partial charge in [0.15, 0.2) is 0 Å². The molecule has 0 aliphatic rings. The van der Waals surface area contributed by atoms with Crippen LogP contribution in [0.5, 0.6) is 0 Å². The highest BCUT2D eigenvalue weighted by Gasteiger charge is 2.04. The van der Waals surface area contributed by atoms with Gasteiger partial charge < -0.3 is 15.7 Å². The van der Waals surface area contributed by atoms with Gasteiger partial charge in [-0.3, -0.25) is 0 Å². The second-order valence-electron chi connectivity index (χ2n) is 5.54. The predicted molar refractivity (Wildman–Crippen MR) is 99.2 cm³/mol. The van der Waals surface area contributed by atoms with E-state index in [9.17, 15) is 0 Å². The lowest BCUT2D eigenvalue weighted by molar-refractivity contribution is 0.292. The van der Waals surface area contributed by atoms with Gasteiger partial charge in [-0.25, -0.2) is 15.0 Å². The van der Waals surface area contributed by atoms with Crippen LogP contribution in [-0.2, 0) is 6.54 Å². The average Bonchev–Trinajstić information content (AvgIpc) is 2.68. The SMILES string of the molecule is OCCCNc1cc(-c2ccnc(NCc3ccccc3)n2)ccn1. The van der Waals surface area contributed by atoms with Gasteiger partial charge in [-0.05, 0) is 30.2 Å². The molecule has 0 saturated heterocycles. The van der Waals surface area contributed by atoms with E-state index in [0.717, 1.165) is 17.1 Å². The lowest BCUT2D eigenvalue weighted by Gasteiger charge is -2.08. The van der Waals surface area contributed by atoms with Crippen molar-refractivity contribution in [2.75, 3.05) is 23.8 Å². The summed E-state index contributed by atoms with van der Waals surface area (Å²) in [5.74, 6) is 1.36. The standard InChI is InChI=1S/C19H21N5O/c25-12-4-9-20-18-13-16(7-10-21-18)17-8-11-22-19(24-17)23-14-15-5-2-1-3-6-15/h1-3,5-8,10-11,13,25H,4,9,12,14H2,(H,20,21)(H,22,23,24). The number of benzene rings is 1. The molecule has 0 unspecified atom stereocenters. The Morgan fingerprint density at radius 3 is 2.60 bits per heavy atom. The van der Waals surface area contributed by atoms with E-state index in [1.807, 2.05) is 36.4 Å². The molecule has 0 aliphatic heterocycles. The molecule has 25 heavy (non-hydrogen) atoms. The van der Waals surface area contributed by atoms with Gasteiger partial charge in [0.05, 0.1) is 5.69 Å². The monoisotopic (exact) mass is 335 g/mol. The number of hydrogen-bond acceptors (Lipinski definition) is 6. The summed E-state index contributed by atoms with van der Waals surface area (Å²) >= 11 is 0. The summed E-state index contributed by atoms with van der Waals surface area (Å²) < 4.78 is 0. The molecule has 0 radical (unpaired) electrons. The van der Waals surface area contributed by atoms with E-state index < -0.39 is 0 Å². The molecule has 0 bridgehead atoms. The number of anilines is 2. The number of aromatic nitrogens is 3. The minimum absolute atomic E-state index is 0.162. The Labute approximate surface area is 147 Å². The van der Waals surface area contributed by atoms with Gasteiger partial charge in [0.25, 0.3) is 0 Å². The molecule has 0 aliphatic carbocycles. The second-order valence-corrected chi connectivity index (χ2v) is 5.54. The molecule has 0 amide bonds. The zero-order valence-electron chi connectivity index (χ0n) is 13.9. The first kappa shape index (κ1) is 16.9. The highest BCUT2D eigenvalue weighted by Crippen LogP contribution is 2.20. The van der Waals surface area contributed by atoms with Gasteiger partial charge in [0.1, 0.15) is 5.82 Å². The van der Waals surface area contributed by atoms with E-state index in [2.05, 4.69) is 37.7 Å². The minimum Gasteiger partial charge on any atom is -0.396 e. The lowest BCUT2D eigenvalue weighted by atomic mass is 10.2.